The normalized spacial score (nSPS) is 12.5. The molecule has 2 rings (SSSR count). The Morgan fingerprint density at radius 2 is 1.27 bits per heavy atom. The summed E-state index contributed by atoms with van der Waals surface area (Å²) in [5.41, 5.74) is -1.88. The largest absolute Gasteiger partial charge is 0.417 e. The van der Waals surface area contributed by atoms with Crippen LogP contribution < -0.4 is 9.80 Å². The fraction of sp³-hybridized carbons (Fsp3) is 0.533. The van der Waals surface area contributed by atoms with Gasteiger partial charge in [-0.25, -0.2) is 0 Å². The third kappa shape index (κ3) is 10.2. The molecule has 11 heteroatoms. The van der Waals surface area contributed by atoms with E-state index < -0.39 is 23.5 Å². The lowest BCUT2D eigenvalue weighted by molar-refractivity contribution is -0.138. The van der Waals surface area contributed by atoms with Crippen molar-refractivity contribution in [1.82, 2.24) is 0 Å². The standard InChI is InChI=1S/C15H19F3N2O.C15H19F3N2/c1-3-11(2)20(7-4-8-21)13-6-5-12(10-19)14(9-13)15(16,17)18;1-5-8-20(14(2,3)4)12-7-6-11(10-19)13(9-12)15(16,17)18/h5-6,9,11,21H,3-4,7-8H2,1-2H3;6-7,9H,5,8H2,1-4H3/t11-;/m0./s1. The molecule has 0 aliphatic rings. The summed E-state index contributed by atoms with van der Waals surface area (Å²) in [6.45, 7) is 12.8. The maximum absolute atomic E-state index is 13.0. The number of rotatable bonds is 9. The zero-order chi connectivity index (χ0) is 31.6. The molecular weight excluding hydrogens is 546 g/mol. The maximum atomic E-state index is 13.0. The van der Waals surface area contributed by atoms with Crippen LogP contribution in [0.25, 0.3) is 0 Å². The molecule has 0 heterocycles. The van der Waals surface area contributed by atoms with Crippen LogP contribution in [0.15, 0.2) is 36.4 Å². The lowest BCUT2D eigenvalue weighted by atomic mass is 10.0. The summed E-state index contributed by atoms with van der Waals surface area (Å²) in [5, 5.41) is 26.6. The Bertz CT molecular complexity index is 1210. The number of aliphatic hydroxyl groups is 1. The third-order valence-electron chi connectivity index (χ3n) is 6.44. The molecule has 0 saturated carbocycles. The van der Waals surface area contributed by atoms with Crippen LogP contribution in [0, 0.1) is 22.7 Å². The van der Waals surface area contributed by atoms with E-state index in [1.54, 1.807) is 18.2 Å². The number of anilines is 2. The highest BCUT2D eigenvalue weighted by Gasteiger charge is 2.35. The Labute approximate surface area is 238 Å². The summed E-state index contributed by atoms with van der Waals surface area (Å²) in [5.74, 6) is 0. The quantitative estimate of drug-likeness (QED) is 0.301. The number of hydrogen-bond acceptors (Lipinski definition) is 5. The smallest absolute Gasteiger partial charge is 0.396 e. The second-order valence-electron chi connectivity index (χ2n) is 10.5. The number of alkyl halides is 6. The lowest BCUT2D eigenvalue weighted by Crippen LogP contribution is -2.42. The van der Waals surface area contributed by atoms with Crippen LogP contribution in [-0.2, 0) is 12.4 Å². The molecule has 1 N–H and O–H groups in total. The Kier molecular flexibility index (Phi) is 13.0. The number of benzene rings is 2. The molecule has 5 nitrogen and oxygen atoms in total. The summed E-state index contributed by atoms with van der Waals surface area (Å²) >= 11 is 0. The van der Waals surface area contributed by atoms with E-state index in [1.807, 2.05) is 51.3 Å². The third-order valence-corrected chi connectivity index (χ3v) is 6.44. The molecule has 0 spiro atoms. The topological polar surface area (TPSA) is 74.3 Å². The van der Waals surface area contributed by atoms with Gasteiger partial charge in [-0.1, -0.05) is 13.8 Å². The van der Waals surface area contributed by atoms with Crippen LogP contribution in [0.4, 0.5) is 37.7 Å². The molecule has 1 atom stereocenters. The summed E-state index contributed by atoms with van der Waals surface area (Å²) in [7, 11) is 0. The van der Waals surface area contributed by atoms with Crippen LogP contribution in [-0.4, -0.2) is 36.4 Å². The summed E-state index contributed by atoms with van der Waals surface area (Å²) in [4.78, 5) is 3.75. The van der Waals surface area contributed by atoms with E-state index in [9.17, 15) is 26.3 Å². The zero-order valence-electron chi connectivity index (χ0n) is 24.3. The molecule has 0 unspecified atom stereocenters. The van der Waals surface area contributed by atoms with Gasteiger partial charge < -0.3 is 14.9 Å². The first-order valence-electron chi connectivity index (χ1n) is 13.3. The van der Waals surface area contributed by atoms with Gasteiger partial charge in [0.15, 0.2) is 0 Å². The Hall–Kier alpha value is -3.44. The van der Waals surface area contributed by atoms with Crippen molar-refractivity contribution in [2.24, 2.45) is 0 Å². The van der Waals surface area contributed by atoms with E-state index in [2.05, 4.69) is 0 Å². The summed E-state index contributed by atoms with van der Waals surface area (Å²) in [6, 6.07) is 10.9. The van der Waals surface area contributed by atoms with Crippen LogP contribution in [0.1, 0.15) is 83.1 Å². The maximum Gasteiger partial charge on any atom is 0.417 e. The molecule has 2 aromatic rings. The first kappa shape index (κ1) is 35.6. The molecule has 0 radical (unpaired) electrons. The molecule has 226 valence electrons. The van der Waals surface area contributed by atoms with Gasteiger partial charge in [0.25, 0.3) is 0 Å². The lowest BCUT2D eigenvalue weighted by Gasteiger charge is -2.38. The number of aliphatic hydroxyl groups excluding tert-OH is 1. The molecule has 41 heavy (non-hydrogen) atoms. The predicted octanol–water partition coefficient (Wildman–Crippen LogP) is 8.16. The van der Waals surface area contributed by atoms with Crippen LogP contribution >= 0.6 is 0 Å². The Morgan fingerprint density at radius 1 is 0.805 bits per heavy atom. The van der Waals surface area contributed by atoms with Crippen LogP contribution in [0.5, 0.6) is 0 Å². The molecule has 0 amide bonds. The first-order valence-corrected chi connectivity index (χ1v) is 13.3. The summed E-state index contributed by atoms with van der Waals surface area (Å²) in [6.07, 6.45) is -6.99. The van der Waals surface area contributed by atoms with Gasteiger partial charge in [-0.2, -0.15) is 36.9 Å². The van der Waals surface area contributed by atoms with Crippen molar-refractivity contribution in [1.29, 1.82) is 10.5 Å². The van der Waals surface area contributed by atoms with E-state index in [4.69, 9.17) is 15.6 Å². The zero-order valence-corrected chi connectivity index (χ0v) is 24.3. The van der Waals surface area contributed by atoms with Gasteiger partial charge in [0, 0.05) is 42.7 Å². The molecule has 0 aromatic heterocycles. The molecular formula is C30H38F6N4O. The van der Waals surface area contributed by atoms with Crippen molar-refractivity contribution in [2.75, 3.05) is 29.5 Å². The first-order chi connectivity index (χ1) is 19.0. The molecule has 0 saturated heterocycles. The van der Waals surface area contributed by atoms with Crippen LogP contribution in [0.3, 0.4) is 0 Å². The molecule has 2 aromatic carbocycles. The minimum absolute atomic E-state index is 0.0185. The van der Waals surface area contributed by atoms with E-state index >= 15 is 0 Å². The molecule has 0 bridgehead atoms. The highest BCUT2D eigenvalue weighted by molar-refractivity contribution is 5.57. The fourth-order valence-electron chi connectivity index (χ4n) is 4.22. The number of nitriles is 2. The van der Waals surface area contributed by atoms with Gasteiger partial charge in [0.1, 0.15) is 0 Å². The monoisotopic (exact) mass is 584 g/mol. The molecule has 0 aliphatic heterocycles. The summed E-state index contributed by atoms with van der Waals surface area (Å²) < 4.78 is 78.0. The minimum Gasteiger partial charge on any atom is -0.396 e. The van der Waals surface area contributed by atoms with Gasteiger partial charge >= 0.3 is 12.4 Å². The van der Waals surface area contributed by atoms with Gasteiger partial charge in [-0.15, -0.1) is 0 Å². The average Bonchev–Trinajstić information content (AvgIpc) is 2.90. The van der Waals surface area contributed by atoms with Crippen molar-refractivity contribution in [2.45, 2.75) is 84.7 Å². The van der Waals surface area contributed by atoms with Crippen molar-refractivity contribution in [3.8, 4) is 12.1 Å². The van der Waals surface area contributed by atoms with Gasteiger partial charge in [-0.3, -0.25) is 0 Å². The second-order valence-corrected chi connectivity index (χ2v) is 10.5. The molecule has 0 fully saturated rings. The van der Waals surface area contributed by atoms with E-state index in [0.717, 1.165) is 25.0 Å². The van der Waals surface area contributed by atoms with Crippen molar-refractivity contribution < 1.29 is 31.4 Å². The average molecular weight is 585 g/mol. The SMILES string of the molecule is CCCN(c1ccc(C#N)c(C(F)(F)F)c1)C(C)(C)C.CC[C@H](C)N(CCCO)c1ccc(C#N)c(C(F)(F)F)c1. The van der Waals surface area contributed by atoms with Gasteiger partial charge in [0.2, 0.25) is 0 Å². The molecule has 0 aliphatic carbocycles. The fourth-order valence-corrected chi connectivity index (χ4v) is 4.22. The van der Waals surface area contributed by atoms with E-state index in [0.29, 0.717) is 30.9 Å². The minimum atomic E-state index is -4.56. The predicted molar refractivity (Wildman–Crippen MR) is 149 cm³/mol. The van der Waals surface area contributed by atoms with Gasteiger partial charge in [-0.05, 0) is 83.4 Å². The van der Waals surface area contributed by atoms with E-state index in [-0.39, 0.29) is 29.3 Å². The number of nitrogens with zero attached hydrogens (tertiary/aromatic N) is 4. The Balaban J connectivity index is 0.000000410. The second kappa shape index (κ2) is 15.0. The van der Waals surface area contributed by atoms with E-state index in [1.165, 1.54) is 18.2 Å². The van der Waals surface area contributed by atoms with Crippen LogP contribution in [0.2, 0.25) is 0 Å². The van der Waals surface area contributed by atoms with Crippen molar-refractivity contribution >= 4 is 11.4 Å². The highest BCUT2D eigenvalue weighted by atomic mass is 19.4. The number of hydrogen-bond donors (Lipinski definition) is 1. The number of halogens is 6. The van der Waals surface area contributed by atoms with Crippen molar-refractivity contribution in [3.05, 3.63) is 58.7 Å². The highest BCUT2D eigenvalue weighted by Crippen LogP contribution is 2.36. The van der Waals surface area contributed by atoms with Crippen molar-refractivity contribution in [3.63, 3.8) is 0 Å². The van der Waals surface area contributed by atoms with Gasteiger partial charge in [0.05, 0.1) is 34.4 Å². The Morgan fingerprint density at radius 3 is 1.63 bits per heavy atom.